The van der Waals surface area contributed by atoms with Crippen LogP contribution in [0.25, 0.3) is 0 Å². The Bertz CT molecular complexity index is 513. The number of amides is 2. The van der Waals surface area contributed by atoms with Crippen LogP contribution < -0.4 is 4.90 Å². The number of imide groups is 1. The first-order valence-corrected chi connectivity index (χ1v) is 6.15. The summed E-state index contributed by atoms with van der Waals surface area (Å²) in [6.45, 7) is 3.63. The zero-order chi connectivity index (χ0) is 12.9. The third-order valence-corrected chi connectivity index (χ3v) is 3.82. The molecule has 3 rings (SSSR count). The maximum Gasteiger partial charge on any atom is 0.238 e. The summed E-state index contributed by atoms with van der Waals surface area (Å²) in [5, 5.41) is 6.88. The van der Waals surface area contributed by atoms with Gasteiger partial charge >= 0.3 is 0 Å². The van der Waals surface area contributed by atoms with E-state index < -0.39 is 0 Å². The quantitative estimate of drug-likeness (QED) is 0.602. The van der Waals surface area contributed by atoms with Crippen LogP contribution in [0.1, 0.15) is 24.2 Å². The number of aromatic nitrogens is 2. The number of anilines is 1. The molecule has 1 N–H and O–H groups in total. The van der Waals surface area contributed by atoms with Crippen LogP contribution in [0, 0.1) is 25.7 Å². The van der Waals surface area contributed by atoms with E-state index in [-0.39, 0.29) is 23.7 Å². The molecule has 94 valence electrons. The maximum atomic E-state index is 12.4. The lowest BCUT2D eigenvalue weighted by molar-refractivity contribution is -0.122. The van der Waals surface area contributed by atoms with Crippen molar-refractivity contribution in [3.8, 4) is 0 Å². The van der Waals surface area contributed by atoms with Crippen molar-refractivity contribution in [3.05, 3.63) is 23.5 Å². The van der Waals surface area contributed by atoms with Gasteiger partial charge in [0.2, 0.25) is 11.8 Å². The molecule has 2 unspecified atom stereocenters. The molecule has 1 saturated heterocycles. The molecule has 0 radical (unpaired) electrons. The van der Waals surface area contributed by atoms with Gasteiger partial charge in [-0.2, -0.15) is 5.10 Å². The minimum absolute atomic E-state index is 0.0815. The van der Waals surface area contributed by atoms with E-state index in [1.165, 1.54) is 4.90 Å². The van der Waals surface area contributed by atoms with E-state index in [9.17, 15) is 9.59 Å². The van der Waals surface area contributed by atoms with Crippen LogP contribution in [0.15, 0.2) is 12.2 Å². The molecule has 5 heteroatoms. The third kappa shape index (κ3) is 1.36. The van der Waals surface area contributed by atoms with E-state index in [2.05, 4.69) is 10.2 Å². The highest BCUT2D eigenvalue weighted by Crippen LogP contribution is 2.39. The Hall–Kier alpha value is -1.91. The van der Waals surface area contributed by atoms with Crippen molar-refractivity contribution in [1.29, 1.82) is 0 Å². The van der Waals surface area contributed by atoms with Gasteiger partial charge in [-0.05, 0) is 26.7 Å². The molecule has 1 aromatic rings. The van der Waals surface area contributed by atoms with Crippen molar-refractivity contribution in [2.45, 2.75) is 26.7 Å². The molecular formula is C13H15N3O2. The molecule has 2 amide bonds. The fourth-order valence-electron chi connectivity index (χ4n) is 2.90. The predicted molar refractivity (Wildman–Crippen MR) is 65.9 cm³/mol. The maximum absolute atomic E-state index is 12.4. The van der Waals surface area contributed by atoms with Crippen LogP contribution >= 0.6 is 0 Å². The summed E-state index contributed by atoms with van der Waals surface area (Å²) in [4.78, 5) is 26.1. The van der Waals surface area contributed by atoms with Gasteiger partial charge in [-0.25, -0.2) is 4.90 Å². The Morgan fingerprint density at radius 2 is 1.72 bits per heavy atom. The van der Waals surface area contributed by atoms with E-state index in [1.807, 2.05) is 19.1 Å². The second kappa shape index (κ2) is 3.80. The monoisotopic (exact) mass is 245 g/mol. The average molecular weight is 245 g/mol. The summed E-state index contributed by atoms with van der Waals surface area (Å²) in [5.41, 5.74) is 2.10. The molecule has 1 aliphatic heterocycles. The largest absolute Gasteiger partial charge is 0.280 e. The number of carbonyl (C=O) groups excluding carboxylic acids is 2. The van der Waals surface area contributed by atoms with E-state index in [4.69, 9.17) is 0 Å². The number of nitrogens with zero attached hydrogens (tertiary/aromatic N) is 2. The molecule has 1 aliphatic carbocycles. The van der Waals surface area contributed by atoms with Crippen molar-refractivity contribution in [2.75, 3.05) is 4.90 Å². The normalized spacial score (nSPS) is 26.9. The molecule has 0 saturated carbocycles. The lowest BCUT2D eigenvalue weighted by Gasteiger charge is -2.14. The predicted octanol–water partition coefficient (Wildman–Crippen LogP) is 1.48. The van der Waals surface area contributed by atoms with Crippen molar-refractivity contribution in [2.24, 2.45) is 11.8 Å². The Morgan fingerprint density at radius 1 is 1.17 bits per heavy atom. The number of hydrogen-bond donors (Lipinski definition) is 1. The first-order chi connectivity index (χ1) is 8.61. The molecule has 18 heavy (non-hydrogen) atoms. The number of hydrogen-bond acceptors (Lipinski definition) is 3. The lowest BCUT2D eigenvalue weighted by atomic mass is 9.85. The van der Waals surface area contributed by atoms with Crippen LogP contribution in [-0.2, 0) is 9.59 Å². The van der Waals surface area contributed by atoms with E-state index in [0.29, 0.717) is 24.2 Å². The summed E-state index contributed by atoms with van der Waals surface area (Å²) in [7, 11) is 0. The Morgan fingerprint density at radius 3 is 2.17 bits per heavy atom. The van der Waals surface area contributed by atoms with Gasteiger partial charge < -0.3 is 0 Å². The van der Waals surface area contributed by atoms with E-state index >= 15 is 0 Å². The number of rotatable bonds is 1. The van der Waals surface area contributed by atoms with Gasteiger partial charge in [0, 0.05) is 0 Å². The molecule has 2 heterocycles. The van der Waals surface area contributed by atoms with Crippen molar-refractivity contribution in [1.82, 2.24) is 10.2 Å². The summed E-state index contributed by atoms with van der Waals surface area (Å²) in [5.74, 6) is -0.531. The molecule has 5 nitrogen and oxygen atoms in total. The minimum Gasteiger partial charge on any atom is -0.280 e. The summed E-state index contributed by atoms with van der Waals surface area (Å²) < 4.78 is 0. The molecule has 0 aromatic carbocycles. The van der Waals surface area contributed by atoms with Crippen LogP contribution in [0.4, 0.5) is 5.69 Å². The van der Waals surface area contributed by atoms with E-state index in [1.54, 1.807) is 6.92 Å². The second-order valence-electron chi connectivity index (χ2n) is 4.95. The number of aryl methyl sites for hydroxylation is 2. The zero-order valence-electron chi connectivity index (χ0n) is 10.4. The fourth-order valence-corrected chi connectivity index (χ4v) is 2.90. The highest BCUT2D eigenvalue weighted by molar-refractivity contribution is 6.22. The molecule has 0 bridgehead atoms. The van der Waals surface area contributed by atoms with E-state index in [0.717, 1.165) is 5.69 Å². The highest BCUT2D eigenvalue weighted by atomic mass is 16.2. The second-order valence-corrected chi connectivity index (χ2v) is 4.95. The standard InChI is InChI=1S/C13H15N3O2/c1-7-11(8(2)15-14-7)16-12(17)9-5-3-4-6-10(9)13(16)18/h3-4,9-10H,5-6H2,1-2H3,(H,14,15). The van der Waals surface area contributed by atoms with Crippen LogP contribution in [0.2, 0.25) is 0 Å². The summed E-state index contributed by atoms with van der Waals surface area (Å²) in [6.07, 6.45) is 5.32. The number of nitrogens with one attached hydrogen (secondary N) is 1. The zero-order valence-corrected chi connectivity index (χ0v) is 10.4. The highest BCUT2D eigenvalue weighted by Gasteiger charge is 2.48. The van der Waals surface area contributed by atoms with Gasteiger partial charge in [0.25, 0.3) is 0 Å². The van der Waals surface area contributed by atoms with Crippen molar-refractivity contribution < 1.29 is 9.59 Å². The number of carbonyl (C=O) groups is 2. The topological polar surface area (TPSA) is 66.1 Å². The lowest BCUT2D eigenvalue weighted by Crippen LogP contribution is -2.31. The molecule has 2 atom stereocenters. The summed E-state index contributed by atoms with van der Waals surface area (Å²) >= 11 is 0. The smallest absolute Gasteiger partial charge is 0.238 e. The van der Waals surface area contributed by atoms with Crippen LogP contribution in [-0.4, -0.2) is 22.0 Å². The molecule has 2 aliphatic rings. The van der Waals surface area contributed by atoms with Gasteiger partial charge in [0.1, 0.15) is 0 Å². The van der Waals surface area contributed by atoms with Gasteiger partial charge in [-0.1, -0.05) is 12.2 Å². The first-order valence-electron chi connectivity index (χ1n) is 6.15. The van der Waals surface area contributed by atoms with Gasteiger partial charge in [0.15, 0.2) is 0 Å². The van der Waals surface area contributed by atoms with Crippen LogP contribution in [0.5, 0.6) is 0 Å². The number of fused-ring (bicyclic) bond motifs is 1. The van der Waals surface area contributed by atoms with Crippen molar-refractivity contribution >= 4 is 17.5 Å². The SMILES string of the molecule is Cc1n[nH]c(C)c1N1C(=O)C2CC=CCC2C1=O. The third-order valence-electron chi connectivity index (χ3n) is 3.82. The molecule has 1 aromatic heterocycles. The molecule has 1 fully saturated rings. The number of allylic oxidation sites excluding steroid dienone is 2. The molecular weight excluding hydrogens is 230 g/mol. The Labute approximate surface area is 105 Å². The minimum atomic E-state index is -0.184. The Balaban J connectivity index is 2.05. The Kier molecular flexibility index (Phi) is 2.36. The first kappa shape index (κ1) is 11.2. The average Bonchev–Trinajstić information content (AvgIpc) is 2.81. The molecule has 0 spiro atoms. The van der Waals surface area contributed by atoms with Gasteiger partial charge in [-0.3, -0.25) is 14.7 Å². The van der Waals surface area contributed by atoms with Crippen LogP contribution in [0.3, 0.4) is 0 Å². The summed E-state index contributed by atoms with van der Waals surface area (Å²) in [6, 6.07) is 0. The fraction of sp³-hybridized carbons (Fsp3) is 0.462. The van der Waals surface area contributed by atoms with Gasteiger partial charge in [-0.15, -0.1) is 0 Å². The van der Waals surface area contributed by atoms with Gasteiger partial charge in [0.05, 0.1) is 28.9 Å². The number of H-pyrrole nitrogens is 1. The van der Waals surface area contributed by atoms with Crippen molar-refractivity contribution in [3.63, 3.8) is 0 Å². The number of aromatic amines is 1.